The van der Waals surface area contributed by atoms with E-state index < -0.39 is 0 Å². The Labute approximate surface area is 88.5 Å². The molecule has 0 radical (unpaired) electrons. The zero-order valence-corrected chi connectivity index (χ0v) is 9.19. The van der Waals surface area contributed by atoms with E-state index in [1.54, 1.807) is 17.6 Å². The van der Waals surface area contributed by atoms with E-state index in [0.717, 1.165) is 15.8 Å². The van der Waals surface area contributed by atoms with E-state index in [0.29, 0.717) is 6.54 Å². The number of rotatable bonds is 2. The van der Waals surface area contributed by atoms with Crippen LogP contribution in [0.15, 0.2) is 32.7 Å². The van der Waals surface area contributed by atoms with Gasteiger partial charge in [0.1, 0.15) is 5.76 Å². The summed E-state index contributed by atoms with van der Waals surface area (Å²) in [6.45, 7) is 0.437. The van der Waals surface area contributed by atoms with Gasteiger partial charge in [-0.1, -0.05) is 0 Å². The standard InChI is InChI=1S/C9H8BrNOS/c10-7-2-4-13-9(7)6-1-3-12-8(6)5-11/h1-4H,5,11H2. The van der Waals surface area contributed by atoms with Gasteiger partial charge in [-0.25, -0.2) is 0 Å². The minimum atomic E-state index is 0.437. The normalized spacial score (nSPS) is 10.6. The van der Waals surface area contributed by atoms with Gasteiger partial charge in [0.2, 0.25) is 0 Å². The Hall–Kier alpha value is -0.580. The summed E-state index contributed by atoms with van der Waals surface area (Å²) in [5.74, 6) is 0.836. The van der Waals surface area contributed by atoms with Crippen LogP contribution in [0.1, 0.15) is 5.76 Å². The zero-order chi connectivity index (χ0) is 9.26. The summed E-state index contributed by atoms with van der Waals surface area (Å²) in [4.78, 5) is 1.18. The Kier molecular flexibility index (Phi) is 2.53. The van der Waals surface area contributed by atoms with Crippen molar-refractivity contribution < 1.29 is 4.42 Å². The van der Waals surface area contributed by atoms with E-state index >= 15 is 0 Å². The number of halogens is 1. The SMILES string of the molecule is NCc1occc1-c1sccc1Br. The second-order valence-electron chi connectivity index (χ2n) is 2.56. The van der Waals surface area contributed by atoms with Crippen LogP contribution >= 0.6 is 27.3 Å². The number of furan rings is 1. The van der Waals surface area contributed by atoms with Crippen molar-refractivity contribution in [3.05, 3.63) is 34.0 Å². The lowest BCUT2D eigenvalue weighted by Gasteiger charge is -1.97. The predicted molar refractivity (Wildman–Crippen MR) is 57.6 cm³/mol. The summed E-state index contributed by atoms with van der Waals surface area (Å²) in [5, 5.41) is 2.03. The van der Waals surface area contributed by atoms with Crippen molar-refractivity contribution in [1.29, 1.82) is 0 Å². The van der Waals surface area contributed by atoms with Gasteiger partial charge >= 0.3 is 0 Å². The molecular formula is C9H8BrNOS. The van der Waals surface area contributed by atoms with Gasteiger partial charge in [0, 0.05) is 10.0 Å². The second-order valence-corrected chi connectivity index (χ2v) is 4.33. The highest BCUT2D eigenvalue weighted by Gasteiger charge is 2.10. The van der Waals surface area contributed by atoms with Gasteiger partial charge in [-0.2, -0.15) is 0 Å². The molecule has 0 unspecified atom stereocenters. The largest absolute Gasteiger partial charge is 0.467 e. The van der Waals surface area contributed by atoms with E-state index in [1.165, 1.54) is 4.88 Å². The summed E-state index contributed by atoms with van der Waals surface area (Å²) in [5.41, 5.74) is 6.63. The summed E-state index contributed by atoms with van der Waals surface area (Å²) in [6, 6.07) is 3.96. The maximum absolute atomic E-state index is 5.55. The molecule has 4 heteroatoms. The van der Waals surface area contributed by atoms with Crippen molar-refractivity contribution in [2.24, 2.45) is 5.73 Å². The molecule has 0 aliphatic carbocycles. The molecule has 0 aromatic carbocycles. The topological polar surface area (TPSA) is 39.2 Å². The molecule has 2 rings (SSSR count). The first-order valence-electron chi connectivity index (χ1n) is 3.82. The third-order valence-electron chi connectivity index (χ3n) is 1.79. The van der Waals surface area contributed by atoms with Crippen LogP contribution < -0.4 is 5.73 Å². The Morgan fingerprint density at radius 1 is 1.46 bits per heavy atom. The minimum Gasteiger partial charge on any atom is -0.467 e. The zero-order valence-electron chi connectivity index (χ0n) is 6.79. The van der Waals surface area contributed by atoms with Crippen molar-refractivity contribution >= 4 is 27.3 Å². The first-order chi connectivity index (χ1) is 6.33. The molecule has 0 saturated heterocycles. The Balaban J connectivity index is 2.52. The lowest BCUT2D eigenvalue weighted by molar-refractivity contribution is 0.513. The number of hydrogen-bond acceptors (Lipinski definition) is 3. The molecule has 0 aliphatic rings. The van der Waals surface area contributed by atoms with Gasteiger partial charge in [-0.3, -0.25) is 0 Å². The van der Waals surface area contributed by atoms with Gasteiger partial charge in [0.25, 0.3) is 0 Å². The van der Waals surface area contributed by atoms with E-state index in [4.69, 9.17) is 10.2 Å². The van der Waals surface area contributed by atoms with Crippen LogP contribution in [0.3, 0.4) is 0 Å². The molecule has 0 bridgehead atoms. The van der Waals surface area contributed by atoms with Gasteiger partial charge in [-0.05, 0) is 33.4 Å². The molecular weight excluding hydrogens is 250 g/mol. The van der Waals surface area contributed by atoms with Crippen LogP contribution in [-0.2, 0) is 6.54 Å². The molecule has 2 heterocycles. The first kappa shape index (κ1) is 8.99. The fourth-order valence-corrected chi connectivity index (χ4v) is 2.82. The molecule has 68 valence electrons. The summed E-state index contributed by atoms with van der Waals surface area (Å²) >= 11 is 5.15. The van der Waals surface area contributed by atoms with Crippen molar-refractivity contribution in [3.8, 4) is 10.4 Å². The minimum absolute atomic E-state index is 0.437. The van der Waals surface area contributed by atoms with Gasteiger partial charge in [0.05, 0.1) is 17.7 Å². The molecule has 2 N–H and O–H groups in total. The van der Waals surface area contributed by atoms with Crippen LogP contribution in [0.2, 0.25) is 0 Å². The van der Waals surface area contributed by atoms with E-state index in [9.17, 15) is 0 Å². The smallest absolute Gasteiger partial charge is 0.125 e. The van der Waals surface area contributed by atoms with Crippen LogP contribution in [0, 0.1) is 0 Å². The van der Waals surface area contributed by atoms with Gasteiger partial charge in [0.15, 0.2) is 0 Å². The summed E-state index contributed by atoms with van der Waals surface area (Å²) < 4.78 is 6.34. The third-order valence-corrected chi connectivity index (χ3v) is 3.66. The fourth-order valence-electron chi connectivity index (χ4n) is 1.19. The summed E-state index contributed by atoms with van der Waals surface area (Å²) in [6.07, 6.45) is 1.67. The van der Waals surface area contributed by atoms with Gasteiger partial charge in [-0.15, -0.1) is 11.3 Å². The highest BCUT2D eigenvalue weighted by atomic mass is 79.9. The predicted octanol–water partition coefficient (Wildman–Crippen LogP) is 3.23. The van der Waals surface area contributed by atoms with Crippen LogP contribution in [0.5, 0.6) is 0 Å². The van der Waals surface area contributed by atoms with Crippen molar-refractivity contribution in [1.82, 2.24) is 0 Å². The molecule has 0 saturated carbocycles. The lowest BCUT2D eigenvalue weighted by atomic mass is 10.2. The maximum Gasteiger partial charge on any atom is 0.125 e. The van der Waals surface area contributed by atoms with Crippen LogP contribution in [-0.4, -0.2) is 0 Å². The third kappa shape index (κ3) is 1.57. The average Bonchev–Trinajstić information content (AvgIpc) is 2.71. The molecule has 2 aromatic heterocycles. The summed E-state index contributed by atoms with van der Waals surface area (Å²) in [7, 11) is 0. The van der Waals surface area contributed by atoms with Crippen molar-refractivity contribution in [3.63, 3.8) is 0 Å². The first-order valence-corrected chi connectivity index (χ1v) is 5.50. The monoisotopic (exact) mass is 257 g/mol. The highest BCUT2D eigenvalue weighted by molar-refractivity contribution is 9.10. The molecule has 2 aromatic rings. The molecule has 0 amide bonds. The fraction of sp³-hybridized carbons (Fsp3) is 0.111. The Morgan fingerprint density at radius 3 is 2.92 bits per heavy atom. The number of nitrogens with two attached hydrogens (primary N) is 1. The van der Waals surface area contributed by atoms with E-state index in [1.807, 2.05) is 17.5 Å². The van der Waals surface area contributed by atoms with E-state index in [-0.39, 0.29) is 0 Å². The molecule has 13 heavy (non-hydrogen) atoms. The molecule has 0 spiro atoms. The van der Waals surface area contributed by atoms with Crippen LogP contribution in [0.4, 0.5) is 0 Å². The molecule has 0 fully saturated rings. The molecule has 2 nitrogen and oxygen atoms in total. The van der Waals surface area contributed by atoms with Gasteiger partial charge < -0.3 is 10.2 Å². The molecule has 0 atom stereocenters. The quantitative estimate of drug-likeness (QED) is 0.898. The van der Waals surface area contributed by atoms with Crippen molar-refractivity contribution in [2.75, 3.05) is 0 Å². The average molecular weight is 258 g/mol. The highest BCUT2D eigenvalue weighted by Crippen LogP contribution is 2.35. The van der Waals surface area contributed by atoms with E-state index in [2.05, 4.69) is 15.9 Å². The van der Waals surface area contributed by atoms with Crippen LogP contribution in [0.25, 0.3) is 10.4 Å². The second kappa shape index (κ2) is 3.65. The Morgan fingerprint density at radius 2 is 2.31 bits per heavy atom. The number of thiophene rings is 1. The molecule has 0 aliphatic heterocycles. The maximum atomic E-state index is 5.55. The lowest BCUT2D eigenvalue weighted by Crippen LogP contribution is -1.95. The Bertz CT molecular complexity index is 407. The number of hydrogen-bond donors (Lipinski definition) is 1. The van der Waals surface area contributed by atoms with Crippen molar-refractivity contribution in [2.45, 2.75) is 6.54 Å².